The lowest BCUT2D eigenvalue weighted by Gasteiger charge is -2.42. The maximum Gasteiger partial charge on any atom is 0.246 e. The first kappa shape index (κ1) is 77.9. The molecule has 492 valence electrons. The van der Waals surface area contributed by atoms with Gasteiger partial charge in [-0.15, -0.1) is 0 Å². The van der Waals surface area contributed by atoms with Crippen molar-refractivity contribution >= 4 is 65.0 Å². The molecule has 11 amide bonds. The lowest BCUT2D eigenvalue weighted by Crippen LogP contribution is -2.63. The average Bonchev–Trinajstić information content (AvgIpc) is 1.16. The smallest absolute Gasteiger partial charge is 0.246 e. The van der Waals surface area contributed by atoms with Crippen LogP contribution in [0.15, 0.2) is 12.2 Å². The molecule has 4 N–H and O–H groups in total. The van der Waals surface area contributed by atoms with Crippen LogP contribution in [0, 0.1) is 41.4 Å². The summed E-state index contributed by atoms with van der Waals surface area (Å²) in [5.41, 5.74) is 0. The Morgan fingerprint density at radius 3 is 1.33 bits per heavy atom. The van der Waals surface area contributed by atoms with E-state index >= 15 is 14.4 Å². The van der Waals surface area contributed by atoms with Crippen LogP contribution in [-0.4, -0.2) is 229 Å². The number of hydrogen-bond acceptors (Lipinski definition) is 12. The number of ether oxygens (including phenoxy) is 1. The van der Waals surface area contributed by atoms with E-state index in [0.29, 0.717) is 6.42 Å². The lowest BCUT2D eigenvalue weighted by molar-refractivity contribution is -0.158. The molecule has 0 saturated carbocycles. The number of methoxy groups -OCH3 is 1. The molecule has 1 heterocycles. The summed E-state index contributed by atoms with van der Waals surface area (Å²) in [5.74, 6) is -8.98. The maximum atomic E-state index is 15.3. The highest BCUT2D eigenvalue weighted by atomic mass is 16.5. The van der Waals surface area contributed by atoms with Gasteiger partial charge in [-0.2, -0.15) is 0 Å². The van der Waals surface area contributed by atoms with Crippen molar-refractivity contribution in [2.75, 3.05) is 63.0 Å². The second-order valence-electron chi connectivity index (χ2n) is 26.3. The van der Waals surface area contributed by atoms with Gasteiger partial charge in [-0.3, -0.25) is 52.7 Å². The first-order valence-electron chi connectivity index (χ1n) is 30.9. The third kappa shape index (κ3) is 21.6. The monoisotopic (exact) mass is 1220 g/mol. The predicted molar refractivity (Wildman–Crippen MR) is 333 cm³/mol. The Morgan fingerprint density at radius 2 is 0.884 bits per heavy atom. The van der Waals surface area contributed by atoms with Crippen molar-refractivity contribution in [2.45, 2.75) is 223 Å². The Morgan fingerprint density at radius 1 is 0.465 bits per heavy atom. The zero-order chi connectivity index (χ0) is 66.7. The van der Waals surface area contributed by atoms with Gasteiger partial charge in [-0.25, -0.2) is 0 Å². The van der Waals surface area contributed by atoms with E-state index in [1.54, 1.807) is 34.6 Å². The summed E-state index contributed by atoms with van der Waals surface area (Å²) < 4.78 is 6.07. The molecule has 1 aliphatic rings. The minimum atomic E-state index is -1.37. The van der Waals surface area contributed by atoms with E-state index < -0.39 is 150 Å². The summed E-state index contributed by atoms with van der Waals surface area (Å²) in [4.78, 5) is 170. The number of likely N-dealkylation sites (N-methyl/N-ethyl adjacent to an activating group) is 7. The van der Waals surface area contributed by atoms with E-state index in [1.807, 2.05) is 81.4 Å². The van der Waals surface area contributed by atoms with Gasteiger partial charge in [0.2, 0.25) is 65.0 Å². The van der Waals surface area contributed by atoms with Crippen LogP contribution in [-0.2, 0) is 57.5 Å². The first-order chi connectivity index (χ1) is 39.7. The zero-order valence-corrected chi connectivity index (χ0v) is 57.0. The molecule has 86 heavy (non-hydrogen) atoms. The Balaban J connectivity index is 4.36. The molecule has 0 bridgehead atoms. The van der Waals surface area contributed by atoms with Gasteiger partial charge in [0, 0.05) is 56.4 Å². The second kappa shape index (κ2) is 35.6. The molecule has 12 atom stereocenters. The van der Waals surface area contributed by atoms with Gasteiger partial charge in [0.25, 0.3) is 0 Å². The van der Waals surface area contributed by atoms with Crippen LogP contribution in [0.25, 0.3) is 0 Å². The van der Waals surface area contributed by atoms with Crippen molar-refractivity contribution < 1.29 is 57.5 Å². The van der Waals surface area contributed by atoms with Crippen LogP contribution in [0.4, 0.5) is 0 Å². The molecule has 9 unspecified atom stereocenters. The maximum absolute atomic E-state index is 15.3. The SMILES string of the molecule is C/C=C/C[C@@H](C)[C@@H](OC)C1C(=O)NC(CC)C(=O)N(C)CC(=O)N(C)[C@@H](CC(C)C)C(=O)NC(C(C)C)C(=O)N(C)C(CC(C)C)C(=O)NC(C)C(=O)NC(C)C(=O)N(C)C(CC(C)C)C(=O)N(C)C(CC(C)C)C(=O)N(C)C(C(C)C)C(=O)N1C. The molecule has 0 spiro atoms. The lowest BCUT2D eigenvalue weighted by atomic mass is 9.91. The Bertz CT molecular complexity index is 2340. The van der Waals surface area contributed by atoms with Crippen LogP contribution in [0.3, 0.4) is 0 Å². The molecule has 0 aromatic heterocycles. The molecule has 0 radical (unpaired) electrons. The summed E-state index contributed by atoms with van der Waals surface area (Å²) in [6.45, 7) is 29.8. The number of carbonyl (C=O) groups is 11. The number of nitrogens with one attached hydrogen (secondary N) is 4. The highest BCUT2D eigenvalue weighted by Gasteiger charge is 2.46. The molecule has 1 rings (SSSR count). The fraction of sp³-hybridized carbons (Fsp3) is 0.794. The third-order valence-corrected chi connectivity index (χ3v) is 16.3. The normalized spacial score (nSPS) is 26.7. The van der Waals surface area contributed by atoms with Crippen LogP contribution in [0.5, 0.6) is 0 Å². The Hall–Kier alpha value is -6.13. The number of nitrogens with zero attached hydrogens (tertiary/aromatic N) is 7. The molecular formula is C63H113N11O12. The largest absolute Gasteiger partial charge is 0.378 e. The van der Waals surface area contributed by atoms with E-state index in [9.17, 15) is 38.4 Å². The fourth-order valence-corrected chi connectivity index (χ4v) is 11.0. The minimum Gasteiger partial charge on any atom is -0.378 e. The van der Waals surface area contributed by atoms with Crippen LogP contribution in [0.1, 0.15) is 156 Å². The van der Waals surface area contributed by atoms with Gasteiger partial charge in [-0.05, 0) is 101 Å². The molecule has 1 saturated heterocycles. The summed E-state index contributed by atoms with van der Waals surface area (Å²) in [7, 11) is 11.6. The van der Waals surface area contributed by atoms with Gasteiger partial charge < -0.3 is 60.3 Å². The van der Waals surface area contributed by atoms with E-state index in [-0.39, 0.29) is 61.7 Å². The molecule has 0 aliphatic carbocycles. The van der Waals surface area contributed by atoms with Crippen LogP contribution >= 0.6 is 0 Å². The zero-order valence-electron chi connectivity index (χ0n) is 57.0. The van der Waals surface area contributed by atoms with Gasteiger partial charge in [0.15, 0.2) is 0 Å². The summed E-state index contributed by atoms with van der Waals surface area (Å²) in [6.07, 6.45) is 3.99. The van der Waals surface area contributed by atoms with E-state index in [2.05, 4.69) is 21.3 Å². The number of allylic oxidation sites excluding steroid dienone is 2. The van der Waals surface area contributed by atoms with Gasteiger partial charge >= 0.3 is 0 Å². The van der Waals surface area contributed by atoms with E-state index in [4.69, 9.17) is 4.74 Å². The van der Waals surface area contributed by atoms with Gasteiger partial charge in [0.05, 0.1) is 12.6 Å². The molecule has 23 heteroatoms. The first-order valence-corrected chi connectivity index (χ1v) is 30.9. The number of amides is 11. The highest BCUT2D eigenvalue weighted by Crippen LogP contribution is 2.26. The minimum absolute atomic E-state index is 0.0661. The van der Waals surface area contributed by atoms with E-state index in [0.717, 1.165) is 4.90 Å². The molecule has 0 aromatic carbocycles. The van der Waals surface area contributed by atoms with Crippen molar-refractivity contribution in [3.05, 3.63) is 12.2 Å². The summed E-state index contributed by atoms with van der Waals surface area (Å²) >= 11 is 0. The van der Waals surface area contributed by atoms with Gasteiger partial charge in [0.1, 0.15) is 60.4 Å². The van der Waals surface area contributed by atoms with Crippen molar-refractivity contribution in [3.8, 4) is 0 Å². The number of carbonyl (C=O) groups excluding carboxylic acids is 11. The van der Waals surface area contributed by atoms with Crippen molar-refractivity contribution in [3.63, 3.8) is 0 Å². The highest BCUT2D eigenvalue weighted by molar-refractivity contribution is 5.99. The fourth-order valence-electron chi connectivity index (χ4n) is 11.0. The number of rotatable bonds is 16. The third-order valence-electron chi connectivity index (χ3n) is 16.3. The Labute approximate surface area is 515 Å². The number of hydrogen-bond donors (Lipinski definition) is 4. The van der Waals surface area contributed by atoms with Crippen molar-refractivity contribution in [2.24, 2.45) is 41.4 Å². The topological polar surface area (TPSA) is 268 Å². The molecule has 23 nitrogen and oxygen atoms in total. The quantitative estimate of drug-likeness (QED) is 0.160. The average molecular weight is 1220 g/mol. The van der Waals surface area contributed by atoms with E-state index in [1.165, 1.54) is 99.7 Å². The van der Waals surface area contributed by atoms with Gasteiger partial charge in [-0.1, -0.05) is 109 Å². The molecular weight excluding hydrogens is 1100 g/mol. The predicted octanol–water partition coefficient (Wildman–Crippen LogP) is 3.92. The summed E-state index contributed by atoms with van der Waals surface area (Å²) in [6, 6.07) is -11.9. The van der Waals surface area contributed by atoms with Crippen LogP contribution < -0.4 is 21.3 Å². The molecule has 1 fully saturated rings. The Kier molecular flexibility index (Phi) is 32.3. The molecule has 1 aliphatic heterocycles. The van der Waals surface area contributed by atoms with Crippen molar-refractivity contribution in [1.29, 1.82) is 0 Å². The van der Waals surface area contributed by atoms with Crippen molar-refractivity contribution in [1.82, 2.24) is 55.6 Å². The van der Waals surface area contributed by atoms with Crippen LogP contribution in [0.2, 0.25) is 0 Å². The standard InChI is InChI=1S/C63H113N11O12/c1-26-28-29-41(15)53(86-25)52-57(79)66-44(27-2)59(81)68(18)34-49(75)69(19)45(30-35(3)4)56(78)67-50(39(11)12)62(84)70(20)46(31-36(5)6)55(77)64-42(16)54(76)65-43(17)58(80)71(21)47(32-37(7)8)60(82)72(22)48(33-38(9)10)61(83)73(23)51(40(13)14)63(85)74(52)24/h26,28,35-48,50-53H,27,29-34H2,1-25H3,(H,64,77)(H,65,76)(H,66,79)(H,67,78)/b28-26+/t41-,42?,43?,44?,45+,46?,47?,48?,50?,51?,52?,53-/m1/s1. The summed E-state index contributed by atoms with van der Waals surface area (Å²) in [5, 5.41) is 11.1. The second-order valence-corrected chi connectivity index (χ2v) is 26.3. The molecule has 0 aromatic rings.